The van der Waals surface area contributed by atoms with Gasteiger partial charge in [0.2, 0.25) is 0 Å². The van der Waals surface area contributed by atoms with Gasteiger partial charge in [0, 0.05) is 37.1 Å². The zero-order valence-electron chi connectivity index (χ0n) is 15.1. The molecule has 3 heterocycles. The summed E-state index contributed by atoms with van der Waals surface area (Å²) in [4.78, 5) is 21.8. The van der Waals surface area contributed by atoms with Gasteiger partial charge in [-0.2, -0.15) is 0 Å². The van der Waals surface area contributed by atoms with E-state index in [9.17, 15) is 4.79 Å². The highest BCUT2D eigenvalue weighted by Crippen LogP contribution is 2.33. The Labute approximate surface area is 159 Å². The van der Waals surface area contributed by atoms with E-state index >= 15 is 0 Å². The number of para-hydroxylation sites is 1. The molecule has 3 aromatic rings. The summed E-state index contributed by atoms with van der Waals surface area (Å²) in [5.41, 5.74) is 5.85. The van der Waals surface area contributed by atoms with Gasteiger partial charge < -0.3 is 9.80 Å². The summed E-state index contributed by atoms with van der Waals surface area (Å²) < 4.78 is 0. The fourth-order valence-corrected chi connectivity index (χ4v) is 4.13. The van der Waals surface area contributed by atoms with Gasteiger partial charge in [0.1, 0.15) is 5.82 Å². The first-order valence-electron chi connectivity index (χ1n) is 9.47. The lowest BCUT2D eigenvalue weighted by Gasteiger charge is -2.29. The average molecular weight is 355 g/mol. The minimum absolute atomic E-state index is 0.0839. The first-order valence-corrected chi connectivity index (χ1v) is 9.47. The fourth-order valence-electron chi connectivity index (χ4n) is 4.13. The van der Waals surface area contributed by atoms with Crippen LogP contribution in [0.25, 0.3) is 0 Å². The minimum Gasteiger partial charge on any atom is -0.334 e. The van der Waals surface area contributed by atoms with Crippen LogP contribution in [0.1, 0.15) is 27.0 Å². The van der Waals surface area contributed by atoms with E-state index in [-0.39, 0.29) is 5.91 Å². The van der Waals surface area contributed by atoms with Crippen LogP contribution in [0.2, 0.25) is 0 Å². The van der Waals surface area contributed by atoms with Gasteiger partial charge in [-0.25, -0.2) is 4.98 Å². The summed E-state index contributed by atoms with van der Waals surface area (Å²) in [7, 11) is 0. The van der Waals surface area contributed by atoms with Crippen molar-refractivity contribution in [1.29, 1.82) is 0 Å². The molecule has 27 heavy (non-hydrogen) atoms. The summed E-state index contributed by atoms with van der Waals surface area (Å²) in [6, 6.07) is 20.6. The van der Waals surface area contributed by atoms with E-state index in [0.29, 0.717) is 12.1 Å². The van der Waals surface area contributed by atoms with Gasteiger partial charge in [-0.3, -0.25) is 4.79 Å². The molecule has 5 rings (SSSR count). The van der Waals surface area contributed by atoms with Gasteiger partial charge in [0.25, 0.3) is 5.91 Å². The van der Waals surface area contributed by atoms with E-state index in [1.165, 1.54) is 22.4 Å². The number of amides is 1. The number of hydrogen-bond donors (Lipinski definition) is 0. The number of fused-ring (bicyclic) bond motifs is 2. The van der Waals surface area contributed by atoms with Crippen molar-refractivity contribution in [3.8, 4) is 0 Å². The highest BCUT2D eigenvalue weighted by Gasteiger charge is 2.24. The van der Waals surface area contributed by atoms with E-state index in [1.54, 1.807) is 6.20 Å². The SMILES string of the molecule is O=C(c1ccnc(N2CCc3ccccc32)c1)N1CCc2ccccc2C1. The van der Waals surface area contributed by atoms with Crippen molar-refractivity contribution in [3.05, 3.63) is 89.1 Å². The Morgan fingerprint density at radius 2 is 1.59 bits per heavy atom. The second-order valence-electron chi connectivity index (χ2n) is 7.18. The third kappa shape index (κ3) is 2.87. The van der Waals surface area contributed by atoms with Crippen LogP contribution < -0.4 is 4.90 Å². The maximum absolute atomic E-state index is 13.1. The summed E-state index contributed by atoms with van der Waals surface area (Å²) in [5, 5.41) is 0. The van der Waals surface area contributed by atoms with Crippen molar-refractivity contribution >= 4 is 17.4 Å². The molecule has 0 N–H and O–H groups in total. The molecule has 0 spiro atoms. The smallest absolute Gasteiger partial charge is 0.254 e. The molecule has 0 fully saturated rings. The van der Waals surface area contributed by atoms with Crippen LogP contribution in [0.15, 0.2) is 66.9 Å². The Hall–Kier alpha value is -3.14. The molecule has 0 saturated heterocycles. The summed E-state index contributed by atoms with van der Waals surface area (Å²) in [6.07, 6.45) is 3.68. The van der Waals surface area contributed by atoms with Gasteiger partial charge in [-0.1, -0.05) is 42.5 Å². The molecule has 0 atom stereocenters. The van der Waals surface area contributed by atoms with Gasteiger partial charge in [0.05, 0.1) is 0 Å². The Bertz CT molecular complexity index is 1010. The number of rotatable bonds is 2. The number of anilines is 2. The van der Waals surface area contributed by atoms with Crippen LogP contribution in [0.4, 0.5) is 11.5 Å². The molecule has 4 heteroatoms. The summed E-state index contributed by atoms with van der Waals surface area (Å²) in [5.74, 6) is 0.934. The molecule has 2 aromatic carbocycles. The maximum atomic E-state index is 13.1. The van der Waals surface area contributed by atoms with Crippen LogP contribution >= 0.6 is 0 Å². The van der Waals surface area contributed by atoms with Gasteiger partial charge in [0.15, 0.2) is 0 Å². The van der Waals surface area contributed by atoms with Crippen molar-refractivity contribution in [2.24, 2.45) is 0 Å². The number of aromatic nitrogens is 1. The fraction of sp³-hybridized carbons (Fsp3) is 0.217. The highest BCUT2D eigenvalue weighted by atomic mass is 16.2. The van der Waals surface area contributed by atoms with E-state index in [2.05, 4.69) is 52.3 Å². The van der Waals surface area contributed by atoms with Crippen molar-refractivity contribution in [2.45, 2.75) is 19.4 Å². The van der Waals surface area contributed by atoms with Crippen LogP contribution in [0.5, 0.6) is 0 Å². The molecule has 0 saturated carbocycles. The lowest BCUT2D eigenvalue weighted by Crippen LogP contribution is -2.36. The third-order valence-electron chi connectivity index (χ3n) is 5.57. The number of nitrogens with zero attached hydrogens (tertiary/aromatic N) is 3. The zero-order chi connectivity index (χ0) is 18.2. The molecule has 0 bridgehead atoms. The summed E-state index contributed by atoms with van der Waals surface area (Å²) in [6.45, 7) is 2.35. The topological polar surface area (TPSA) is 36.4 Å². The lowest BCUT2D eigenvalue weighted by atomic mass is 9.99. The highest BCUT2D eigenvalue weighted by molar-refractivity contribution is 5.95. The number of benzene rings is 2. The average Bonchev–Trinajstić information content (AvgIpc) is 3.17. The van der Waals surface area contributed by atoms with Crippen molar-refractivity contribution in [1.82, 2.24) is 9.88 Å². The number of hydrogen-bond acceptors (Lipinski definition) is 3. The van der Waals surface area contributed by atoms with Crippen LogP contribution in [0, 0.1) is 0 Å². The molecule has 2 aliphatic rings. The molecule has 1 amide bonds. The van der Waals surface area contributed by atoms with Crippen LogP contribution in [-0.2, 0) is 19.4 Å². The second kappa shape index (κ2) is 6.54. The lowest BCUT2D eigenvalue weighted by molar-refractivity contribution is 0.0734. The van der Waals surface area contributed by atoms with Gasteiger partial charge in [-0.05, 0) is 47.7 Å². The Kier molecular flexibility index (Phi) is 3.89. The number of carbonyl (C=O) groups is 1. The molecule has 1 aromatic heterocycles. The Balaban J connectivity index is 1.41. The van der Waals surface area contributed by atoms with Crippen LogP contribution in [0.3, 0.4) is 0 Å². The number of pyridine rings is 1. The molecular weight excluding hydrogens is 334 g/mol. The molecule has 0 radical (unpaired) electrons. The van der Waals surface area contributed by atoms with Crippen molar-refractivity contribution in [2.75, 3.05) is 18.0 Å². The third-order valence-corrected chi connectivity index (χ3v) is 5.57. The molecule has 134 valence electrons. The first kappa shape index (κ1) is 16.1. The standard InChI is InChI=1S/C23H21N3O/c27-23(25-13-10-17-5-1-2-7-20(17)16-25)19-9-12-24-22(15-19)26-14-11-18-6-3-4-8-21(18)26/h1-9,12,15H,10-11,13-14,16H2. The molecule has 0 aliphatic carbocycles. The van der Waals surface area contributed by atoms with Gasteiger partial charge >= 0.3 is 0 Å². The molecule has 4 nitrogen and oxygen atoms in total. The largest absolute Gasteiger partial charge is 0.334 e. The predicted molar refractivity (Wildman–Crippen MR) is 106 cm³/mol. The van der Waals surface area contributed by atoms with Crippen molar-refractivity contribution in [3.63, 3.8) is 0 Å². The second-order valence-corrected chi connectivity index (χ2v) is 7.18. The minimum atomic E-state index is 0.0839. The Morgan fingerprint density at radius 3 is 2.48 bits per heavy atom. The van der Waals surface area contributed by atoms with E-state index in [0.717, 1.165) is 31.7 Å². The first-order chi connectivity index (χ1) is 13.3. The normalized spacial score (nSPS) is 15.4. The molecular formula is C23H21N3O. The molecule has 0 unspecified atom stereocenters. The van der Waals surface area contributed by atoms with E-state index in [4.69, 9.17) is 0 Å². The van der Waals surface area contributed by atoms with Gasteiger partial charge in [-0.15, -0.1) is 0 Å². The van der Waals surface area contributed by atoms with Crippen LogP contribution in [-0.4, -0.2) is 28.9 Å². The summed E-state index contributed by atoms with van der Waals surface area (Å²) >= 11 is 0. The van der Waals surface area contributed by atoms with E-state index < -0.39 is 0 Å². The monoisotopic (exact) mass is 355 g/mol. The van der Waals surface area contributed by atoms with E-state index in [1.807, 2.05) is 23.1 Å². The number of carbonyl (C=O) groups excluding carboxylic acids is 1. The Morgan fingerprint density at radius 1 is 0.852 bits per heavy atom. The maximum Gasteiger partial charge on any atom is 0.254 e. The zero-order valence-corrected chi connectivity index (χ0v) is 15.1. The van der Waals surface area contributed by atoms with Crippen molar-refractivity contribution < 1.29 is 4.79 Å². The quantitative estimate of drug-likeness (QED) is 0.698. The predicted octanol–water partition coefficient (Wildman–Crippen LogP) is 3.97. The molecule has 2 aliphatic heterocycles.